The van der Waals surface area contributed by atoms with E-state index < -0.39 is 0 Å². The molecule has 1 saturated heterocycles. The van der Waals surface area contributed by atoms with Crippen LogP contribution in [0.3, 0.4) is 0 Å². The van der Waals surface area contributed by atoms with Gasteiger partial charge in [-0.05, 0) is 31.0 Å². The van der Waals surface area contributed by atoms with Gasteiger partial charge in [-0.3, -0.25) is 9.59 Å². The first-order valence-electron chi connectivity index (χ1n) is 8.36. The van der Waals surface area contributed by atoms with Crippen molar-refractivity contribution in [2.45, 2.75) is 32.2 Å². The number of carbonyl (C=O) groups is 2. The molecule has 0 unspecified atom stereocenters. The molecule has 1 atom stereocenters. The second-order valence-corrected chi connectivity index (χ2v) is 6.10. The van der Waals surface area contributed by atoms with Crippen molar-refractivity contribution in [3.8, 4) is 5.75 Å². The normalized spacial score (nSPS) is 19.3. The average Bonchev–Trinajstić information content (AvgIpc) is 3.29. The maximum Gasteiger partial charge on any atom is 0.262 e. The predicted molar refractivity (Wildman–Crippen MR) is 87.3 cm³/mol. The first-order valence-corrected chi connectivity index (χ1v) is 8.36. The number of rotatable bonds is 3. The molecule has 2 aromatic rings. The van der Waals surface area contributed by atoms with E-state index in [2.05, 4.69) is 15.5 Å². The fourth-order valence-electron chi connectivity index (χ4n) is 3.21. The molecule has 25 heavy (non-hydrogen) atoms. The summed E-state index contributed by atoms with van der Waals surface area (Å²) in [4.78, 5) is 30.6. The number of benzene rings is 1. The fourth-order valence-corrected chi connectivity index (χ4v) is 3.21. The third-order valence-electron chi connectivity index (χ3n) is 4.46. The number of nitrogens with zero attached hydrogens (tertiary/aromatic N) is 3. The summed E-state index contributed by atoms with van der Waals surface area (Å²) in [5.41, 5.74) is 1.02. The molecule has 1 fully saturated rings. The van der Waals surface area contributed by atoms with Crippen LogP contribution in [-0.4, -0.2) is 40.0 Å². The third kappa shape index (κ3) is 2.84. The van der Waals surface area contributed by atoms with E-state index in [0.29, 0.717) is 41.7 Å². The van der Waals surface area contributed by atoms with Crippen LogP contribution in [0.4, 0.5) is 5.69 Å². The Hall–Kier alpha value is -2.90. The monoisotopic (exact) mass is 342 g/mol. The topological polar surface area (TPSA) is 97.6 Å². The van der Waals surface area contributed by atoms with Crippen molar-refractivity contribution >= 4 is 17.5 Å². The number of likely N-dealkylation sites (tertiary alicyclic amines) is 1. The highest BCUT2D eigenvalue weighted by Crippen LogP contribution is 2.34. The molecule has 2 amide bonds. The van der Waals surface area contributed by atoms with Gasteiger partial charge in [0.2, 0.25) is 5.89 Å². The summed E-state index contributed by atoms with van der Waals surface area (Å²) in [5, 5.41) is 6.74. The molecule has 0 aliphatic carbocycles. The highest BCUT2D eigenvalue weighted by molar-refractivity contribution is 6.00. The minimum absolute atomic E-state index is 0.00785. The van der Waals surface area contributed by atoms with Crippen LogP contribution < -0.4 is 10.1 Å². The van der Waals surface area contributed by atoms with E-state index in [1.165, 1.54) is 0 Å². The van der Waals surface area contributed by atoms with Crippen molar-refractivity contribution in [2.75, 3.05) is 18.5 Å². The number of hydrogen-bond donors (Lipinski definition) is 1. The van der Waals surface area contributed by atoms with Gasteiger partial charge < -0.3 is 19.5 Å². The molecule has 1 N–H and O–H groups in total. The van der Waals surface area contributed by atoms with Crippen molar-refractivity contribution in [1.82, 2.24) is 15.0 Å². The largest absolute Gasteiger partial charge is 0.482 e. The van der Waals surface area contributed by atoms with Gasteiger partial charge in [0.1, 0.15) is 5.75 Å². The maximum atomic E-state index is 13.0. The van der Waals surface area contributed by atoms with Gasteiger partial charge in [-0.1, -0.05) is 12.1 Å². The lowest BCUT2D eigenvalue weighted by Gasteiger charge is -2.23. The molecule has 3 heterocycles. The third-order valence-corrected chi connectivity index (χ3v) is 4.46. The van der Waals surface area contributed by atoms with E-state index in [4.69, 9.17) is 9.26 Å². The van der Waals surface area contributed by atoms with Gasteiger partial charge in [-0.25, -0.2) is 0 Å². The molecule has 130 valence electrons. The molecule has 0 radical (unpaired) electrons. The molecule has 0 spiro atoms. The van der Waals surface area contributed by atoms with Gasteiger partial charge in [-0.15, -0.1) is 0 Å². The second kappa shape index (κ2) is 6.19. The Morgan fingerprint density at radius 1 is 1.44 bits per heavy atom. The Morgan fingerprint density at radius 2 is 2.32 bits per heavy atom. The Kier molecular flexibility index (Phi) is 3.87. The first-order chi connectivity index (χ1) is 12.2. The smallest absolute Gasteiger partial charge is 0.262 e. The SMILES string of the molecule is CCc1nc([C@H]2CCCN2C(=O)c2ccc3c(c2)NC(=O)CO3)no1. The molecular formula is C17H18N4O4. The minimum Gasteiger partial charge on any atom is -0.482 e. The Morgan fingerprint density at radius 3 is 3.12 bits per heavy atom. The zero-order valence-corrected chi connectivity index (χ0v) is 13.8. The van der Waals surface area contributed by atoms with Crippen LogP contribution in [0.25, 0.3) is 0 Å². The molecule has 1 aromatic carbocycles. The van der Waals surface area contributed by atoms with Gasteiger partial charge >= 0.3 is 0 Å². The number of carbonyl (C=O) groups excluding carboxylic acids is 2. The van der Waals surface area contributed by atoms with Crippen LogP contribution in [0, 0.1) is 0 Å². The number of ether oxygens (including phenoxy) is 1. The lowest BCUT2D eigenvalue weighted by molar-refractivity contribution is -0.118. The molecule has 4 rings (SSSR count). The van der Waals surface area contributed by atoms with Gasteiger partial charge in [0, 0.05) is 18.5 Å². The molecule has 8 nitrogen and oxygen atoms in total. The summed E-state index contributed by atoms with van der Waals surface area (Å²) in [7, 11) is 0. The second-order valence-electron chi connectivity index (χ2n) is 6.10. The zero-order chi connectivity index (χ0) is 17.4. The molecular weight excluding hydrogens is 324 g/mol. The number of aromatic nitrogens is 2. The number of amides is 2. The molecule has 1 aromatic heterocycles. The van der Waals surface area contributed by atoms with E-state index in [1.807, 2.05) is 6.92 Å². The van der Waals surface area contributed by atoms with Crippen molar-refractivity contribution in [1.29, 1.82) is 0 Å². The van der Waals surface area contributed by atoms with Crippen LogP contribution >= 0.6 is 0 Å². The van der Waals surface area contributed by atoms with Gasteiger partial charge in [0.15, 0.2) is 12.4 Å². The van der Waals surface area contributed by atoms with Gasteiger partial charge in [0.05, 0.1) is 11.7 Å². The number of anilines is 1. The van der Waals surface area contributed by atoms with E-state index in [0.717, 1.165) is 12.8 Å². The summed E-state index contributed by atoms with van der Waals surface area (Å²) in [6, 6.07) is 4.88. The van der Waals surface area contributed by atoms with E-state index in [1.54, 1.807) is 23.1 Å². The summed E-state index contributed by atoms with van der Waals surface area (Å²) in [6.45, 7) is 2.57. The number of nitrogens with one attached hydrogen (secondary N) is 1. The zero-order valence-electron chi connectivity index (χ0n) is 13.8. The fraction of sp³-hybridized carbons (Fsp3) is 0.412. The van der Waals surface area contributed by atoms with E-state index in [9.17, 15) is 9.59 Å². The number of fused-ring (bicyclic) bond motifs is 1. The van der Waals surface area contributed by atoms with Crippen LogP contribution in [-0.2, 0) is 11.2 Å². The molecule has 2 aliphatic heterocycles. The van der Waals surface area contributed by atoms with Crippen LogP contribution in [0.15, 0.2) is 22.7 Å². The van der Waals surface area contributed by atoms with Crippen LogP contribution in [0.1, 0.15) is 47.9 Å². The van der Waals surface area contributed by atoms with Crippen molar-refractivity contribution in [3.05, 3.63) is 35.5 Å². The summed E-state index contributed by atoms with van der Waals surface area (Å²) < 4.78 is 10.5. The highest BCUT2D eigenvalue weighted by Gasteiger charge is 2.34. The summed E-state index contributed by atoms with van der Waals surface area (Å²) >= 11 is 0. The van der Waals surface area contributed by atoms with Crippen molar-refractivity contribution < 1.29 is 18.8 Å². The van der Waals surface area contributed by atoms with Gasteiger partial charge in [-0.2, -0.15) is 4.98 Å². The molecule has 8 heteroatoms. The van der Waals surface area contributed by atoms with Crippen molar-refractivity contribution in [3.63, 3.8) is 0 Å². The minimum atomic E-state index is -0.227. The van der Waals surface area contributed by atoms with Crippen LogP contribution in [0.2, 0.25) is 0 Å². The number of aryl methyl sites for hydroxylation is 1. The summed E-state index contributed by atoms with van der Waals surface area (Å²) in [6.07, 6.45) is 2.36. The van der Waals surface area contributed by atoms with E-state index in [-0.39, 0.29) is 24.5 Å². The maximum absolute atomic E-state index is 13.0. The molecule has 0 bridgehead atoms. The van der Waals surface area contributed by atoms with Crippen molar-refractivity contribution in [2.24, 2.45) is 0 Å². The van der Waals surface area contributed by atoms with Gasteiger partial charge in [0.25, 0.3) is 11.8 Å². The Bertz CT molecular complexity index is 832. The lowest BCUT2D eigenvalue weighted by atomic mass is 10.1. The lowest BCUT2D eigenvalue weighted by Crippen LogP contribution is -2.31. The van der Waals surface area contributed by atoms with E-state index >= 15 is 0 Å². The molecule has 2 aliphatic rings. The quantitative estimate of drug-likeness (QED) is 0.915. The Balaban J connectivity index is 1.59. The van der Waals surface area contributed by atoms with Crippen LogP contribution in [0.5, 0.6) is 5.75 Å². The predicted octanol–water partition coefficient (Wildman–Crippen LogP) is 1.94. The Labute approximate surface area is 144 Å². The average molecular weight is 342 g/mol. The molecule has 0 saturated carbocycles. The standard InChI is InChI=1S/C17H18N4O4/c1-2-15-19-16(20-25-15)12-4-3-7-21(12)17(23)10-5-6-13-11(8-10)18-14(22)9-24-13/h5-6,8,12H,2-4,7,9H2,1H3,(H,18,22)/t12-/m1/s1. The summed E-state index contributed by atoms with van der Waals surface area (Å²) in [5.74, 6) is 1.35. The highest BCUT2D eigenvalue weighted by atomic mass is 16.5. The number of hydrogen-bond acceptors (Lipinski definition) is 6. The first kappa shape index (κ1) is 15.6.